The number of halogens is 1. The van der Waals surface area contributed by atoms with Gasteiger partial charge >= 0.3 is 5.97 Å². The van der Waals surface area contributed by atoms with E-state index in [-0.39, 0.29) is 11.7 Å². The molecule has 3 aromatic heterocycles. The normalized spacial score (nSPS) is 10.7. The van der Waals surface area contributed by atoms with Gasteiger partial charge in [-0.25, -0.2) is 19.2 Å². The average Bonchev–Trinajstić information content (AvgIpc) is 2.88. The zero-order valence-electron chi connectivity index (χ0n) is 18.6. The fraction of sp³-hybridized carbons (Fsp3) is 0.0385. The zero-order chi connectivity index (χ0) is 24.6. The van der Waals surface area contributed by atoms with Crippen LogP contribution >= 0.6 is 0 Å². The van der Waals surface area contributed by atoms with Crippen molar-refractivity contribution in [3.05, 3.63) is 102 Å². The Morgan fingerprint density at radius 3 is 2.60 bits per heavy atom. The smallest absolute Gasteiger partial charge is 0.330 e. The Hall–Kier alpha value is -4.92. The third kappa shape index (κ3) is 6.11. The van der Waals surface area contributed by atoms with Crippen molar-refractivity contribution in [1.29, 1.82) is 0 Å². The van der Waals surface area contributed by atoms with Gasteiger partial charge < -0.3 is 15.4 Å². The third-order valence-corrected chi connectivity index (χ3v) is 4.86. The van der Waals surface area contributed by atoms with Crippen molar-refractivity contribution in [2.75, 3.05) is 17.7 Å². The van der Waals surface area contributed by atoms with Crippen molar-refractivity contribution in [2.24, 2.45) is 0 Å². The summed E-state index contributed by atoms with van der Waals surface area (Å²) in [5.41, 5.74) is 2.45. The highest BCUT2D eigenvalue weighted by atomic mass is 19.1. The summed E-state index contributed by atoms with van der Waals surface area (Å²) in [4.78, 5) is 36.6. The number of hydrogen-bond donors (Lipinski definition) is 2. The SMILES string of the molecule is COC(=O)C=Cc1ccc(Nc2cc(C(=O)Nc3cncc(-c4ccccc4F)c3)ccn2)nc1. The number of esters is 1. The second kappa shape index (κ2) is 10.8. The number of rotatable bonds is 7. The predicted molar refractivity (Wildman–Crippen MR) is 130 cm³/mol. The molecule has 0 aliphatic heterocycles. The maximum atomic E-state index is 14.1. The van der Waals surface area contributed by atoms with Gasteiger partial charge in [0.2, 0.25) is 0 Å². The molecule has 8 nitrogen and oxygen atoms in total. The van der Waals surface area contributed by atoms with Crippen LogP contribution < -0.4 is 10.6 Å². The topological polar surface area (TPSA) is 106 Å². The Bertz CT molecular complexity index is 1390. The number of ether oxygens (including phenoxy) is 1. The molecule has 0 saturated heterocycles. The maximum absolute atomic E-state index is 14.1. The summed E-state index contributed by atoms with van der Waals surface area (Å²) in [6.45, 7) is 0. The molecule has 0 bridgehead atoms. The molecular weight excluding hydrogens is 449 g/mol. The van der Waals surface area contributed by atoms with E-state index in [1.165, 1.54) is 37.8 Å². The van der Waals surface area contributed by atoms with E-state index in [2.05, 4.69) is 30.3 Å². The van der Waals surface area contributed by atoms with E-state index < -0.39 is 5.97 Å². The molecule has 0 spiro atoms. The van der Waals surface area contributed by atoms with Crippen molar-refractivity contribution in [2.45, 2.75) is 0 Å². The Balaban J connectivity index is 1.44. The molecule has 0 saturated carbocycles. The quantitative estimate of drug-likeness (QED) is 0.294. The first-order valence-corrected chi connectivity index (χ1v) is 10.5. The highest BCUT2D eigenvalue weighted by Crippen LogP contribution is 2.24. The van der Waals surface area contributed by atoms with E-state index in [1.54, 1.807) is 60.8 Å². The van der Waals surface area contributed by atoms with Gasteiger partial charge in [0.25, 0.3) is 5.91 Å². The largest absolute Gasteiger partial charge is 0.466 e. The molecule has 4 rings (SSSR count). The van der Waals surface area contributed by atoms with Gasteiger partial charge in [-0.15, -0.1) is 0 Å². The number of hydrogen-bond acceptors (Lipinski definition) is 7. The Morgan fingerprint density at radius 1 is 0.971 bits per heavy atom. The maximum Gasteiger partial charge on any atom is 0.330 e. The van der Waals surface area contributed by atoms with Crippen molar-refractivity contribution < 1.29 is 18.7 Å². The summed E-state index contributed by atoms with van der Waals surface area (Å²) in [5, 5.41) is 5.81. The monoisotopic (exact) mass is 469 g/mol. The van der Waals surface area contributed by atoms with E-state index in [9.17, 15) is 14.0 Å². The zero-order valence-corrected chi connectivity index (χ0v) is 18.6. The number of carbonyl (C=O) groups is 2. The van der Waals surface area contributed by atoms with Crippen LogP contribution in [0.2, 0.25) is 0 Å². The molecule has 174 valence electrons. The Kier molecular flexibility index (Phi) is 7.17. The van der Waals surface area contributed by atoms with Crippen LogP contribution in [0.3, 0.4) is 0 Å². The molecule has 0 unspecified atom stereocenters. The molecule has 0 atom stereocenters. The van der Waals surface area contributed by atoms with E-state index in [1.807, 2.05) is 0 Å². The molecule has 1 amide bonds. The lowest BCUT2D eigenvalue weighted by Crippen LogP contribution is -2.12. The summed E-state index contributed by atoms with van der Waals surface area (Å²) in [7, 11) is 1.30. The van der Waals surface area contributed by atoms with Gasteiger partial charge in [0.1, 0.15) is 17.5 Å². The third-order valence-electron chi connectivity index (χ3n) is 4.86. The predicted octanol–water partition coefficient (Wildman–Crippen LogP) is 4.86. The van der Waals surface area contributed by atoms with Crippen molar-refractivity contribution in [3.63, 3.8) is 0 Å². The van der Waals surface area contributed by atoms with Crippen LogP contribution in [0, 0.1) is 5.82 Å². The number of benzene rings is 1. The molecule has 0 aliphatic rings. The lowest BCUT2D eigenvalue weighted by Gasteiger charge is -2.09. The molecule has 0 fully saturated rings. The fourth-order valence-corrected chi connectivity index (χ4v) is 3.14. The van der Waals surface area contributed by atoms with E-state index >= 15 is 0 Å². The number of methoxy groups -OCH3 is 1. The van der Waals surface area contributed by atoms with Crippen LogP contribution in [-0.4, -0.2) is 33.9 Å². The molecule has 0 aliphatic carbocycles. The molecule has 2 N–H and O–H groups in total. The fourth-order valence-electron chi connectivity index (χ4n) is 3.14. The van der Waals surface area contributed by atoms with Crippen LogP contribution in [0.4, 0.5) is 21.7 Å². The minimum atomic E-state index is -0.457. The molecular formula is C26H20FN5O3. The van der Waals surface area contributed by atoms with Crippen LogP contribution in [0.5, 0.6) is 0 Å². The Labute approximate surface area is 200 Å². The van der Waals surface area contributed by atoms with Gasteiger partial charge in [-0.1, -0.05) is 18.2 Å². The van der Waals surface area contributed by atoms with Crippen LogP contribution in [-0.2, 0) is 9.53 Å². The second-order valence-electron chi connectivity index (χ2n) is 7.28. The molecule has 1 aromatic carbocycles. The number of aromatic nitrogens is 3. The standard InChI is InChI=1S/C26H20FN5O3/c1-35-25(33)9-7-17-6-8-23(30-14-17)32-24-13-18(10-11-29-24)26(34)31-20-12-19(15-28-16-20)21-4-2-3-5-22(21)27/h2-16H,1H3,(H,31,34)(H,29,30,32). The minimum absolute atomic E-state index is 0.358. The van der Waals surface area contributed by atoms with E-state index in [0.717, 1.165) is 0 Å². The van der Waals surface area contributed by atoms with Gasteiger partial charge in [0.05, 0.1) is 19.0 Å². The molecule has 0 radical (unpaired) electrons. The lowest BCUT2D eigenvalue weighted by molar-refractivity contribution is -0.134. The summed E-state index contributed by atoms with van der Waals surface area (Å²) >= 11 is 0. The summed E-state index contributed by atoms with van der Waals surface area (Å²) < 4.78 is 18.7. The Morgan fingerprint density at radius 2 is 1.83 bits per heavy atom. The van der Waals surface area contributed by atoms with Crippen LogP contribution in [0.1, 0.15) is 15.9 Å². The van der Waals surface area contributed by atoms with Gasteiger partial charge in [-0.2, -0.15) is 0 Å². The van der Waals surface area contributed by atoms with Gasteiger partial charge in [0.15, 0.2) is 0 Å². The van der Waals surface area contributed by atoms with Crippen molar-refractivity contribution in [1.82, 2.24) is 15.0 Å². The molecule has 35 heavy (non-hydrogen) atoms. The lowest BCUT2D eigenvalue weighted by atomic mass is 10.1. The summed E-state index contributed by atoms with van der Waals surface area (Å²) in [5.74, 6) is -0.280. The first-order valence-electron chi connectivity index (χ1n) is 10.5. The van der Waals surface area contributed by atoms with Gasteiger partial charge in [-0.05, 0) is 48.0 Å². The number of anilines is 3. The highest BCUT2D eigenvalue weighted by molar-refractivity contribution is 6.04. The number of nitrogens with zero attached hydrogens (tertiary/aromatic N) is 3. The first-order chi connectivity index (χ1) is 17.0. The molecule has 9 heteroatoms. The van der Waals surface area contributed by atoms with Gasteiger partial charge in [0, 0.05) is 41.4 Å². The van der Waals surface area contributed by atoms with Crippen LogP contribution in [0.15, 0.2) is 85.5 Å². The van der Waals surface area contributed by atoms with E-state index in [4.69, 9.17) is 0 Å². The van der Waals surface area contributed by atoms with Gasteiger partial charge in [-0.3, -0.25) is 9.78 Å². The first kappa shape index (κ1) is 23.2. The second-order valence-corrected chi connectivity index (χ2v) is 7.28. The molecule has 4 aromatic rings. The number of pyridine rings is 3. The minimum Gasteiger partial charge on any atom is -0.466 e. The van der Waals surface area contributed by atoms with E-state index in [0.29, 0.717) is 39.6 Å². The molecule has 3 heterocycles. The van der Waals surface area contributed by atoms with Crippen molar-refractivity contribution in [3.8, 4) is 11.1 Å². The highest BCUT2D eigenvalue weighted by Gasteiger charge is 2.11. The summed E-state index contributed by atoms with van der Waals surface area (Å²) in [6, 6.07) is 14.6. The number of nitrogens with one attached hydrogen (secondary N) is 2. The van der Waals surface area contributed by atoms with Crippen LogP contribution in [0.25, 0.3) is 17.2 Å². The number of amides is 1. The summed E-state index contributed by atoms with van der Waals surface area (Å²) in [6.07, 6.45) is 8.98. The number of carbonyl (C=O) groups excluding carboxylic acids is 2. The van der Waals surface area contributed by atoms with Crippen molar-refractivity contribution >= 4 is 35.3 Å². The average molecular weight is 469 g/mol.